The van der Waals surface area contributed by atoms with Crippen LogP contribution in [0.25, 0.3) is 0 Å². The Labute approximate surface area is 135 Å². The molecule has 1 fully saturated rings. The number of amides is 2. The molecule has 2 amide bonds. The van der Waals surface area contributed by atoms with Gasteiger partial charge in [-0.2, -0.15) is 5.10 Å². The molecular formula is C15H23N7O. The molecule has 1 N–H and O–H groups in total. The van der Waals surface area contributed by atoms with Gasteiger partial charge < -0.3 is 14.8 Å². The number of hydrogen-bond acceptors (Lipinski definition) is 4. The van der Waals surface area contributed by atoms with Crippen LogP contribution >= 0.6 is 0 Å². The Balaban J connectivity index is 1.72. The molecule has 3 heterocycles. The molecule has 8 nitrogen and oxygen atoms in total. The normalized spacial score (nSPS) is 19.1. The maximum absolute atomic E-state index is 12.5. The van der Waals surface area contributed by atoms with Crippen LogP contribution < -0.4 is 5.32 Å². The third-order valence-corrected chi connectivity index (χ3v) is 4.30. The molecule has 8 heteroatoms. The molecule has 1 atom stereocenters. The third-order valence-electron chi connectivity index (χ3n) is 4.30. The fourth-order valence-electron chi connectivity index (χ4n) is 3.01. The highest BCUT2D eigenvalue weighted by Crippen LogP contribution is 2.24. The van der Waals surface area contributed by atoms with Crippen molar-refractivity contribution < 1.29 is 4.79 Å². The maximum atomic E-state index is 12.5. The first-order chi connectivity index (χ1) is 11.1. The lowest BCUT2D eigenvalue weighted by Crippen LogP contribution is -2.52. The third kappa shape index (κ3) is 3.21. The summed E-state index contributed by atoms with van der Waals surface area (Å²) in [6, 6.07) is 0.0290. The number of likely N-dealkylation sites (N-methyl/N-ethyl adjacent to an activating group) is 1. The molecular weight excluding hydrogens is 294 g/mol. The molecule has 1 aliphatic heterocycles. The van der Waals surface area contributed by atoms with Gasteiger partial charge in [-0.1, -0.05) is 6.92 Å². The standard InChI is InChI=1S/C15H23N7O/c1-4-21-7-8-22(11-13(21)14-16-5-6-19(14)2)15(23)18-12-9-17-20(3)10-12/h5-6,9-10,13H,4,7-8,11H2,1-3H3,(H,18,23)/t13-/m0/s1. The number of rotatable bonds is 3. The molecule has 1 aliphatic rings. The molecule has 0 saturated carbocycles. The van der Waals surface area contributed by atoms with E-state index in [0.29, 0.717) is 18.8 Å². The number of carbonyl (C=O) groups excluding carboxylic acids is 1. The summed E-state index contributed by atoms with van der Waals surface area (Å²) in [5.41, 5.74) is 0.712. The second kappa shape index (κ2) is 6.41. The summed E-state index contributed by atoms with van der Waals surface area (Å²) >= 11 is 0. The number of nitrogens with zero attached hydrogens (tertiary/aromatic N) is 6. The molecule has 0 aromatic carbocycles. The van der Waals surface area contributed by atoms with Gasteiger partial charge in [-0.15, -0.1) is 0 Å². The van der Waals surface area contributed by atoms with Gasteiger partial charge in [-0.25, -0.2) is 9.78 Å². The minimum absolute atomic E-state index is 0.0898. The summed E-state index contributed by atoms with van der Waals surface area (Å²) in [5, 5.41) is 6.97. The first-order valence-electron chi connectivity index (χ1n) is 7.84. The van der Waals surface area contributed by atoms with Crippen LogP contribution in [0.2, 0.25) is 0 Å². The van der Waals surface area contributed by atoms with E-state index in [1.54, 1.807) is 23.3 Å². The van der Waals surface area contributed by atoms with E-state index in [1.807, 2.05) is 29.8 Å². The van der Waals surface area contributed by atoms with Crippen LogP contribution in [0.4, 0.5) is 10.5 Å². The molecule has 3 rings (SSSR count). The van der Waals surface area contributed by atoms with E-state index in [1.165, 1.54) is 0 Å². The average molecular weight is 317 g/mol. The second-order valence-electron chi connectivity index (χ2n) is 5.82. The van der Waals surface area contributed by atoms with Crippen LogP contribution in [-0.2, 0) is 14.1 Å². The average Bonchev–Trinajstić information content (AvgIpc) is 3.15. The molecule has 1 saturated heterocycles. The Bertz CT molecular complexity index is 677. The summed E-state index contributed by atoms with van der Waals surface area (Å²) in [5.74, 6) is 0.991. The summed E-state index contributed by atoms with van der Waals surface area (Å²) < 4.78 is 3.69. The molecule has 0 radical (unpaired) electrons. The highest BCUT2D eigenvalue weighted by molar-refractivity contribution is 5.89. The highest BCUT2D eigenvalue weighted by atomic mass is 16.2. The molecule has 0 spiro atoms. The summed E-state index contributed by atoms with van der Waals surface area (Å²) in [7, 11) is 3.82. The Morgan fingerprint density at radius 1 is 1.39 bits per heavy atom. The lowest BCUT2D eigenvalue weighted by molar-refractivity contribution is 0.0927. The van der Waals surface area contributed by atoms with E-state index in [4.69, 9.17) is 0 Å². The second-order valence-corrected chi connectivity index (χ2v) is 5.82. The fourth-order valence-corrected chi connectivity index (χ4v) is 3.01. The van der Waals surface area contributed by atoms with Crippen molar-refractivity contribution in [2.24, 2.45) is 14.1 Å². The van der Waals surface area contributed by atoms with Gasteiger partial charge in [0.1, 0.15) is 5.82 Å². The predicted molar refractivity (Wildman–Crippen MR) is 87.0 cm³/mol. The van der Waals surface area contributed by atoms with E-state index in [9.17, 15) is 4.79 Å². The Hall–Kier alpha value is -2.35. The van der Waals surface area contributed by atoms with Crippen molar-refractivity contribution in [1.82, 2.24) is 29.1 Å². The molecule has 124 valence electrons. The van der Waals surface area contributed by atoms with Crippen LogP contribution in [0, 0.1) is 0 Å². The smallest absolute Gasteiger partial charge is 0.322 e. The molecule has 23 heavy (non-hydrogen) atoms. The summed E-state index contributed by atoms with van der Waals surface area (Å²) in [4.78, 5) is 21.2. The zero-order chi connectivity index (χ0) is 16.4. The number of nitrogens with one attached hydrogen (secondary N) is 1. The SMILES string of the molecule is CCN1CCN(C(=O)Nc2cnn(C)c2)C[C@H]1c1nccn1C. The predicted octanol–water partition coefficient (Wildman–Crippen LogP) is 1.06. The topological polar surface area (TPSA) is 71.2 Å². The monoisotopic (exact) mass is 317 g/mol. The van der Waals surface area contributed by atoms with E-state index in [0.717, 1.165) is 18.9 Å². The van der Waals surface area contributed by atoms with Gasteiger partial charge in [-0.05, 0) is 6.54 Å². The Kier molecular flexibility index (Phi) is 4.33. The van der Waals surface area contributed by atoms with Crippen LogP contribution in [0.3, 0.4) is 0 Å². The number of urea groups is 1. The van der Waals surface area contributed by atoms with Crippen LogP contribution in [-0.4, -0.2) is 61.3 Å². The van der Waals surface area contributed by atoms with Crippen LogP contribution in [0.5, 0.6) is 0 Å². The fraction of sp³-hybridized carbons (Fsp3) is 0.533. The number of piperazine rings is 1. The lowest BCUT2D eigenvalue weighted by Gasteiger charge is -2.40. The first kappa shape index (κ1) is 15.5. The van der Waals surface area contributed by atoms with E-state index in [2.05, 4.69) is 27.2 Å². The van der Waals surface area contributed by atoms with Crippen molar-refractivity contribution in [3.8, 4) is 0 Å². The molecule has 2 aromatic heterocycles. The summed E-state index contributed by atoms with van der Waals surface area (Å²) in [6.07, 6.45) is 7.18. The van der Waals surface area contributed by atoms with E-state index >= 15 is 0 Å². The molecule has 2 aromatic rings. The molecule has 0 unspecified atom stereocenters. The zero-order valence-electron chi connectivity index (χ0n) is 13.8. The van der Waals surface area contributed by atoms with Crippen molar-refractivity contribution in [2.45, 2.75) is 13.0 Å². The minimum Gasteiger partial charge on any atom is -0.337 e. The van der Waals surface area contributed by atoms with Crippen molar-refractivity contribution in [3.63, 3.8) is 0 Å². The highest BCUT2D eigenvalue weighted by Gasteiger charge is 2.32. The van der Waals surface area contributed by atoms with Crippen LogP contribution in [0.1, 0.15) is 18.8 Å². The zero-order valence-corrected chi connectivity index (χ0v) is 13.8. The summed E-state index contributed by atoms with van der Waals surface area (Å²) in [6.45, 7) is 5.26. The molecule has 0 aliphatic carbocycles. The van der Waals surface area contributed by atoms with Crippen molar-refractivity contribution in [2.75, 3.05) is 31.5 Å². The number of aryl methyl sites for hydroxylation is 2. The maximum Gasteiger partial charge on any atom is 0.322 e. The number of anilines is 1. The van der Waals surface area contributed by atoms with E-state index < -0.39 is 0 Å². The largest absolute Gasteiger partial charge is 0.337 e. The van der Waals surface area contributed by atoms with E-state index in [-0.39, 0.29) is 12.1 Å². The number of imidazole rings is 1. The van der Waals surface area contributed by atoms with Gasteiger partial charge in [0.15, 0.2) is 0 Å². The van der Waals surface area contributed by atoms with Gasteiger partial charge >= 0.3 is 6.03 Å². The van der Waals surface area contributed by atoms with Crippen molar-refractivity contribution in [3.05, 3.63) is 30.6 Å². The van der Waals surface area contributed by atoms with Gasteiger partial charge in [-0.3, -0.25) is 9.58 Å². The number of aromatic nitrogens is 4. The Morgan fingerprint density at radius 2 is 2.22 bits per heavy atom. The van der Waals surface area contributed by atoms with Gasteiger partial charge in [0.25, 0.3) is 0 Å². The van der Waals surface area contributed by atoms with Gasteiger partial charge in [0.05, 0.1) is 17.9 Å². The first-order valence-corrected chi connectivity index (χ1v) is 7.84. The van der Waals surface area contributed by atoms with Crippen molar-refractivity contribution in [1.29, 1.82) is 0 Å². The lowest BCUT2D eigenvalue weighted by atomic mass is 10.1. The minimum atomic E-state index is -0.0898. The number of hydrogen-bond donors (Lipinski definition) is 1. The van der Waals surface area contributed by atoms with Gasteiger partial charge in [0, 0.05) is 52.3 Å². The molecule has 0 bridgehead atoms. The van der Waals surface area contributed by atoms with Gasteiger partial charge in [0.2, 0.25) is 0 Å². The van der Waals surface area contributed by atoms with Crippen LogP contribution in [0.15, 0.2) is 24.8 Å². The quantitative estimate of drug-likeness (QED) is 0.919. The van der Waals surface area contributed by atoms with Crippen molar-refractivity contribution >= 4 is 11.7 Å². The number of carbonyl (C=O) groups is 1. The Morgan fingerprint density at radius 3 is 2.83 bits per heavy atom.